The van der Waals surface area contributed by atoms with Crippen molar-refractivity contribution in [3.05, 3.63) is 0 Å². The van der Waals surface area contributed by atoms with E-state index in [-0.39, 0.29) is 7.55 Å². The highest BCUT2D eigenvalue weighted by atomic mass is 31.1. The third kappa shape index (κ3) is 1.72. The molecule has 11 heavy (non-hydrogen) atoms. The summed E-state index contributed by atoms with van der Waals surface area (Å²) in [4.78, 5) is 0. The van der Waals surface area contributed by atoms with Crippen molar-refractivity contribution in [3.63, 3.8) is 0 Å². The van der Waals surface area contributed by atoms with Gasteiger partial charge in [-0.25, -0.2) is 0 Å². The monoisotopic (exact) mass is 190 g/mol. The minimum absolute atomic E-state index is 0.158. The first-order valence-electron chi connectivity index (χ1n) is 4.32. The Morgan fingerprint density at radius 3 is 2.64 bits per heavy atom. The van der Waals surface area contributed by atoms with Gasteiger partial charge < -0.3 is 4.52 Å². The molecule has 2 fully saturated rings. The zero-order chi connectivity index (χ0) is 7.73. The van der Waals surface area contributed by atoms with Crippen molar-refractivity contribution in [2.75, 3.05) is 25.1 Å². The van der Waals surface area contributed by atoms with Crippen LogP contribution in [0.2, 0.25) is 0 Å². The maximum absolute atomic E-state index is 5.49. The van der Waals surface area contributed by atoms with Gasteiger partial charge in [-0.1, -0.05) is 0 Å². The second-order valence-corrected chi connectivity index (χ2v) is 7.29. The molecule has 0 aromatic rings. The highest BCUT2D eigenvalue weighted by Gasteiger charge is 2.36. The average Bonchev–Trinajstić information content (AvgIpc) is 2.45. The van der Waals surface area contributed by atoms with E-state index in [9.17, 15) is 0 Å². The molecule has 0 radical (unpaired) electrons. The lowest BCUT2D eigenvalue weighted by Crippen LogP contribution is -2.28. The molecule has 1 atom stereocenters. The third-order valence-electron chi connectivity index (χ3n) is 2.95. The van der Waals surface area contributed by atoms with Crippen LogP contribution in [0, 0.1) is 5.41 Å². The van der Waals surface area contributed by atoms with E-state index < -0.39 is 0 Å². The molecular formula is C8H16OP2. The van der Waals surface area contributed by atoms with Crippen molar-refractivity contribution in [1.29, 1.82) is 0 Å². The Labute approximate surface area is 71.2 Å². The molecule has 1 unspecified atom stereocenters. The minimum atomic E-state index is -0.158. The van der Waals surface area contributed by atoms with Gasteiger partial charge in [-0.3, -0.25) is 0 Å². The molecule has 0 amide bonds. The maximum Gasteiger partial charge on any atom is 0.0566 e. The van der Waals surface area contributed by atoms with E-state index >= 15 is 0 Å². The highest BCUT2D eigenvalue weighted by molar-refractivity contribution is 7.55. The van der Waals surface area contributed by atoms with Crippen LogP contribution >= 0.6 is 16.4 Å². The van der Waals surface area contributed by atoms with E-state index in [2.05, 4.69) is 6.30 Å². The summed E-state index contributed by atoms with van der Waals surface area (Å²) in [6, 6.07) is 0. The Morgan fingerprint density at radius 2 is 2.09 bits per heavy atom. The molecule has 0 aliphatic carbocycles. The van der Waals surface area contributed by atoms with E-state index in [0.717, 1.165) is 15.4 Å². The van der Waals surface area contributed by atoms with E-state index in [1.54, 1.807) is 0 Å². The van der Waals surface area contributed by atoms with E-state index in [1.165, 1.54) is 31.3 Å². The summed E-state index contributed by atoms with van der Waals surface area (Å²) in [6.45, 7) is 1.06. The molecule has 2 aliphatic heterocycles. The number of hydrogen-bond donors (Lipinski definition) is 0. The number of rotatable bonds is 0. The van der Waals surface area contributed by atoms with Gasteiger partial charge in [0.1, 0.15) is 0 Å². The van der Waals surface area contributed by atoms with E-state index in [1.807, 2.05) is 0 Å². The zero-order valence-electron chi connectivity index (χ0n) is 6.86. The summed E-state index contributed by atoms with van der Waals surface area (Å²) < 4.78 is 5.49. The SMILES string of the molecule is C=[PH]1CCC2(CC1)COPC2. The maximum atomic E-state index is 5.49. The summed E-state index contributed by atoms with van der Waals surface area (Å²) in [5.41, 5.74) is 0.629. The van der Waals surface area contributed by atoms with Gasteiger partial charge in [0.05, 0.1) is 6.61 Å². The first kappa shape index (κ1) is 8.30. The Morgan fingerprint density at radius 1 is 1.36 bits per heavy atom. The molecule has 2 aliphatic rings. The van der Waals surface area contributed by atoms with Gasteiger partial charge in [0.2, 0.25) is 0 Å². The fraction of sp³-hybridized carbons (Fsp3) is 0.875. The predicted molar refractivity (Wildman–Crippen MR) is 56.0 cm³/mol. The molecular weight excluding hydrogens is 174 g/mol. The van der Waals surface area contributed by atoms with Gasteiger partial charge >= 0.3 is 0 Å². The summed E-state index contributed by atoms with van der Waals surface area (Å²) in [5, 5.41) is 0. The van der Waals surface area contributed by atoms with Crippen molar-refractivity contribution >= 4 is 22.7 Å². The van der Waals surface area contributed by atoms with Gasteiger partial charge in [0.25, 0.3) is 0 Å². The van der Waals surface area contributed by atoms with Crippen LogP contribution in [0.1, 0.15) is 12.8 Å². The Balaban J connectivity index is 1.99. The fourth-order valence-electron chi connectivity index (χ4n) is 1.91. The van der Waals surface area contributed by atoms with Crippen molar-refractivity contribution in [2.45, 2.75) is 12.8 Å². The summed E-state index contributed by atoms with van der Waals surface area (Å²) in [6.07, 6.45) is 11.3. The molecule has 1 spiro atoms. The van der Waals surface area contributed by atoms with Gasteiger partial charge in [0, 0.05) is 14.2 Å². The molecule has 2 heterocycles. The average molecular weight is 190 g/mol. The van der Waals surface area contributed by atoms with Crippen LogP contribution in [0.4, 0.5) is 0 Å². The quantitative estimate of drug-likeness (QED) is 0.531. The van der Waals surface area contributed by atoms with E-state index in [0.29, 0.717) is 5.41 Å². The first-order chi connectivity index (χ1) is 5.31. The second kappa shape index (κ2) is 3.21. The second-order valence-electron chi connectivity index (χ2n) is 3.86. The summed E-state index contributed by atoms with van der Waals surface area (Å²) in [7, 11) is 0.636. The summed E-state index contributed by atoms with van der Waals surface area (Å²) in [5.74, 6) is 0. The van der Waals surface area contributed by atoms with Crippen molar-refractivity contribution in [2.24, 2.45) is 5.41 Å². The minimum Gasteiger partial charge on any atom is -0.362 e. The molecule has 64 valence electrons. The van der Waals surface area contributed by atoms with Crippen LogP contribution in [0.5, 0.6) is 0 Å². The topological polar surface area (TPSA) is 9.23 Å². The van der Waals surface area contributed by atoms with Crippen LogP contribution in [0.3, 0.4) is 0 Å². The van der Waals surface area contributed by atoms with Gasteiger partial charge in [-0.15, -0.1) is 13.8 Å². The Hall–Kier alpha value is 0.690. The van der Waals surface area contributed by atoms with Crippen LogP contribution in [0.25, 0.3) is 0 Å². The van der Waals surface area contributed by atoms with Gasteiger partial charge in [-0.05, 0) is 31.3 Å². The molecule has 0 N–H and O–H groups in total. The van der Waals surface area contributed by atoms with E-state index in [4.69, 9.17) is 4.52 Å². The fourth-order valence-corrected chi connectivity index (χ4v) is 5.20. The summed E-state index contributed by atoms with van der Waals surface area (Å²) >= 11 is 0. The lowest BCUT2D eigenvalue weighted by atomic mass is 9.85. The first-order valence-corrected chi connectivity index (χ1v) is 7.56. The van der Waals surface area contributed by atoms with Gasteiger partial charge in [-0.2, -0.15) is 0 Å². The van der Waals surface area contributed by atoms with Gasteiger partial charge in [0.15, 0.2) is 0 Å². The number of hydrogen-bond acceptors (Lipinski definition) is 1. The standard InChI is InChI=1S/C8H16OP2/c1-11-4-2-8(3-5-11)6-9-10-7-8/h10-11H,1-7H2. The molecule has 1 nitrogen and oxygen atoms in total. The van der Waals surface area contributed by atoms with Crippen molar-refractivity contribution in [1.82, 2.24) is 0 Å². The molecule has 0 bridgehead atoms. The molecule has 3 heteroatoms. The Kier molecular flexibility index (Phi) is 2.42. The van der Waals surface area contributed by atoms with Crippen molar-refractivity contribution < 1.29 is 4.52 Å². The third-order valence-corrected chi connectivity index (χ3v) is 6.10. The Bertz CT molecular complexity index is 161. The molecule has 2 saturated heterocycles. The zero-order valence-corrected chi connectivity index (χ0v) is 8.86. The molecule has 0 saturated carbocycles. The lowest BCUT2D eigenvalue weighted by Gasteiger charge is -2.32. The van der Waals surface area contributed by atoms with Crippen molar-refractivity contribution in [3.8, 4) is 0 Å². The van der Waals surface area contributed by atoms with Crippen LogP contribution < -0.4 is 0 Å². The molecule has 2 rings (SSSR count). The van der Waals surface area contributed by atoms with Crippen LogP contribution in [-0.4, -0.2) is 31.4 Å². The smallest absolute Gasteiger partial charge is 0.0566 e. The van der Waals surface area contributed by atoms with Crippen LogP contribution in [0.15, 0.2) is 0 Å². The normalized spacial score (nSPS) is 47.1. The van der Waals surface area contributed by atoms with Crippen LogP contribution in [-0.2, 0) is 4.52 Å². The lowest BCUT2D eigenvalue weighted by molar-refractivity contribution is 0.208. The largest absolute Gasteiger partial charge is 0.362 e. The predicted octanol–water partition coefficient (Wildman–Crippen LogP) is 2.04. The highest BCUT2D eigenvalue weighted by Crippen LogP contribution is 2.48. The molecule has 0 aromatic heterocycles. The molecule has 0 aromatic carbocycles.